The Bertz CT molecular complexity index is 431. The van der Waals surface area contributed by atoms with Crippen molar-refractivity contribution in [1.29, 1.82) is 0 Å². The Labute approximate surface area is 87.5 Å². The molecule has 0 amide bonds. The van der Waals surface area contributed by atoms with Gasteiger partial charge in [-0.2, -0.15) is 0 Å². The van der Waals surface area contributed by atoms with Crippen LogP contribution in [0.1, 0.15) is 17.2 Å². The first-order valence-electron chi connectivity index (χ1n) is 4.68. The highest BCUT2D eigenvalue weighted by atomic mass is 16.5. The smallest absolute Gasteiger partial charge is 0.423 e. The molecule has 6 heteroatoms. The maximum absolute atomic E-state index is 9.67. The van der Waals surface area contributed by atoms with Crippen LogP contribution in [0.4, 0.5) is 0 Å². The number of azide groups is 1. The van der Waals surface area contributed by atoms with Crippen molar-refractivity contribution in [1.82, 2.24) is 0 Å². The summed E-state index contributed by atoms with van der Waals surface area (Å²) in [5.74, 6) is 0. The number of fused-ring (bicyclic) bond motifs is 1. The van der Waals surface area contributed by atoms with Crippen LogP contribution in [0, 0.1) is 6.92 Å². The molecule has 1 atom stereocenters. The lowest BCUT2D eigenvalue weighted by atomic mass is 9.76. The first-order chi connectivity index (χ1) is 7.24. The van der Waals surface area contributed by atoms with Gasteiger partial charge in [-0.15, -0.1) is 0 Å². The van der Waals surface area contributed by atoms with Crippen LogP contribution in [0.15, 0.2) is 23.3 Å². The number of aryl methyl sites for hydroxylation is 1. The lowest BCUT2D eigenvalue weighted by Gasteiger charge is -2.07. The Morgan fingerprint density at radius 2 is 2.47 bits per heavy atom. The molecule has 1 heterocycles. The standard InChI is InChI=1S/C9H10BN3O2/c1-6-3-2-4-7-8(5-12-13-11)15-10(14)9(6)7/h2-4,8,14H,5H2,1H3/t8-/m0/s1. The Morgan fingerprint density at radius 3 is 3.20 bits per heavy atom. The third-order valence-corrected chi connectivity index (χ3v) is 2.56. The van der Waals surface area contributed by atoms with Crippen LogP contribution in [-0.2, 0) is 4.65 Å². The molecule has 5 nitrogen and oxygen atoms in total. The molecule has 0 saturated carbocycles. The second-order valence-corrected chi connectivity index (χ2v) is 3.47. The summed E-state index contributed by atoms with van der Waals surface area (Å²) >= 11 is 0. The van der Waals surface area contributed by atoms with E-state index < -0.39 is 7.12 Å². The zero-order valence-corrected chi connectivity index (χ0v) is 8.29. The van der Waals surface area contributed by atoms with E-state index in [9.17, 15) is 5.02 Å². The van der Waals surface area contributed by atoms with E-state index in [4.69, 9.17) is 10.2 Å². The van der Waals surface area contributed by atoms with Crippen LogP contribution < -0.4 is 5.46 Å². The highest BCUT2D eigenvalue weighted by Gasteiger charge is 2.35. The van der Waals surface area contributed by atoms with Gasteiger partial charge < -0.3 is 9.68 Å². The predicted molar refractivity (Wildman–Crippen MR) is 56.6 cm³/mol. The van der Waals surface area contributed by atoms with Gasteiger partial charge in [0.05, 0.1) is 12.6 Å². The minimum absolute atomic E-state index is 0.212. The van der Waals surface area contributed by atoms with Gasteiger partial charge >= 0.3 is 7.12 Å². The van der Waals surface area contributed by atoms with Crippen LogP contribution in [-0.4, -0.2) is 18.7 Å². The Balaban J connectivity index is 2.37. The van der Waals surface area contributed by atoms with E-state index in [1.807, 2.05) is 25.1 Å². The Morgan fingerprint density at radius 1 is 1.67 bits per heavy atom. The third-order valence-electron chi connectivity index (χ3n) is 2.56. The Kier molecular flexibility index (Phi) is 2.64. The quantitative estimate of drug-likeness (QED) is 0.337. The van der Waals surface area contributed by atoms with Gasteiger partial charge in [-0.1, -0.05) is 28.9 Å². The normalized spacial score (nSPS) is 18.5. The molecule has 0 bridgehead atoms. The summed E-state index contributed by atoms with van der Waals surface area (Å²) in [5.41, 5.74) is 10.9. The molecule has 0 fully saturated rings. The summed E-state index contributed by atoms with van der Waals surface area (Å²) in [5, 5.41) is 13.1. The van der Waals surface area contributed by atoms with Gasteiger partial charge in [0.2, 0.25) is 0 Å². The first kappa shape index (κ1) is 10.0. The number of rotatable bonds is 2. The van der Waals surface area contributed by atoms with E-state index in [1.165, 1.54) is 0 Å². The van der Waals surface area contributed by atoms with Crippen molar-refractivity contribution in [2.24, 2.45) is 5.11 Å². The summed E-state index contributed by atoms with van der Waals surface area (Å²) < 4.78 is 5.31. The molecular weight excluding hydrogens is 193 g/mol. The Hall–Kier alpha value is -1.49. The number of benzene rings is 1. The summed E-state index contributed by atoms with van der Waals surface area (Å²) in [4.78, 5) is 2.68. The predicted octanol–water partition coefficient (Wildman–Crippen LogP) is 1.06. The van der Waals surface area contributed by atoms with Crippen LogP contribution in [0.25, 0.3) is 10.4 Å². The molecule has 1 N–H and O–H groups in total. The molecule has 1 aromatic carbocycles. The minimum atomic E-state index is -0.903. The van der Waals surface area contributed by atoms with Crippen molar-refractivity contribution in [3.05, 3.63) is 39.8 Å². The van der Waals surface area contributed by atoms with Crippen molar-refractivity contribution in [3.63, 3.8) is 0 Å². The van der Waals surface area contributed by atoms with Gasteiger partial charge in [-0.05, 0) is 23.5 Å². The zero-order chi connectivity index (χ0) is 10.8. The summed E-state index contributed by atoms with van der Waals surface area (Å²) in [6.07, 6.45) is -0.328. The van der Waals surface area contributed by atoms with Gasteiger partial charge in [-0.3, -0.25) is 0 Å². The van der Waals surface area contributed by atoms with E-state index in [0.717, 1.165) is 16.6 Å². The van der Waals surface area contributed by atoms with Crippen LogP contribution in [0.2, 0.25) is 0 Å². The second kappa shape index (κ2) is 3.94. The fraction of sp³-hybridized carbons (Fsp3) is 0.333. The number of hydrogen-bond acceptors (Lipinski definition) is 3. The van der Waals surface area contributed by atoms with Crippen molar-refractivity contribution in [3.8, 4) is 0 Å². The first-order valence-corrected chi connectivity index (χ1v) is 4.68. The molecule has 2 rings (SSSR count). The van der Waals surface area contributed by atoms with E-state index >= 15 is 0 Å². The van der Waals surface area contributed by atoms with Gasteiger partial charge in [-0.25, -0.2) is 0 Å². The summed E-state index contributed by atoms with van der Waals surface area (Å²) in [6.45, 7) is 2.13. The lowest BCUT2D eigenvalue weighted by molar-refractivity contribution is 0.198. The third kappa shape index (κ3) is 1.70. The van der Waals surface area contributed by atoms with E-state index in [-0.39, 0.29) is 12.6 Å². The molecule has 0 radical (unpaired) electrons. The SMILES string of the molecule is Cc1cccc2c1B(O)O[C@H]2CN=[N+]=[N-]. The molecule has 1 aromatic rings. The molecular formula is C9H10BN3O2. The number of nitrogens with zero attached hydrogens (tertiary/aromatic N) is 3. The number of hydrogen-bond donors (Lipinski definition) is 1. The van der Waals surface area contributed by atoms with E-state index in [2.05, 4.69) is 10.0 Å². The fourth-order valence-electron chi connectivity index (χ4n) is 1.87. The minimum Gasteiger partial charge on any atom is -0.423 e. The van der Waals surface area contributed by atoms with Crippen molar-refractivity contribution >= 4 is 12.6 Å². The van der Waals surface area contributed by atoms with Gasteiger partial charge in [0.25, 0.3) is 0 Å². The molecule has 0 unspecified atom stereocenters. The maximum Gasteiger partial charge on any atom is 0.492 e. The molecule has 15 heavy (non-hydrogen) atoms. The van der Waals surface area contributed by atoms with Crippen LogP contribution in [0.3, 0.4) is 0 Å². The molecule has 1 aliphatic rings. The van der Waals surface area contributed by atoms with Crippen molar-refractivity contribution < 1.29 is 9.68 Å². The van der Waals surface area contributed by atoms with E-state index in [0.29, 0.717) is 0 Å². The maximum atomic E-state index is 9.67. The fourth-order valence-corrected chi connectivity index (χ4v) is 1.87. The average molecular weight is 203 g/mol. The second-order valence-electron chi connectivity index (χ2n) is 3.47. The summed E-state index contributed by atoms with van der Waals surface area (Å²) in [6, 6.07) is 5.70. The highest BCUT2D eigenvalue weighted by molar-refractivity contribution is 6.62. The largest absolute Gasteiger partial charge is 0.492 e. The van der Waals surface area contributed by atoms with Crippen LogP contribution >= 0.6 is 0 Å². The van der Waals surface area contributed by atoms with Gasteiger partial charge in [0, 0.05) is 4.91 Å². The monoisotopic (exact) mass is 203 g/mol. The van der Waals surface area contributed by atoms with E-state index in [1.54, 1.807) is 0 Å². The average Bonchev–Trinajstić information content (AvgIpc) is 2.54. The summed E-state index contributed by atoms with van der Waals surface area (Å²) in [7, 11) is -0.903. The van der Waals surface area contributed by atoms with Gasteiger partial charge in [0.1, 0.15) is 0 Å². The molecule has 0 aromatic heterocycles. The molecule has 1 aliphatic heterocycles. The van der Waals surface area contributed by atoms with Crippen molar-refractivity contribution in [2.45, 2.75) is 13.0 Å². The topological polar surface area (TPSA) is 78.2 Å². The zero-order valence-electron chi connectivity index (χ0n) is 8.29. The molecule has 0 aliphatic carbocycles. The van der Waals surface area contributed by atoms with Crippen LogP contribution in [0.5, 0.6) is 0 Å². The molecule has 76 valence electrons. The van der Waals surface area contributed by atoms with Gasteiger partial charge in [0.15, 0.2) is 0 Å². The van der Waals surface area contributed by atoms with Crippen molar-refractivity contribution in [2.75, 3.05) is 6.54 Å². The molecule has 0 saturated heterocycles. The molecule has 0 spiro atoms. The highest BCUT2D eigenvalue weighted by Crippen LogP contribution is 2.24. The lowest BCUT2D eigenvalue weighted by Crippen LogP contribution is -2.30.